The van der Waals surface area contributed by atoms with Crippen LogP contribution in [0.2, 0.25) is 0 Å². The van der Waals surface area contributed by atoms with E-state index in [2.05, 4.69) is 21.1 Å². The maximum atomic E-state index is 11.7. The van der Waals surface area contributed by atoms with Crippen molar-refractivity contribution in [1.29, 1.82) is 0 Å². The Morgan fingerprint density at radius 3 is 2.16 bits per heavy atom. The van der Waals surface area contributed by atoms with Gasteiger partial charge in [-0.2, -0.15) is 0 Å². The number of hydrogen-bond donors (Lipinski definition) is 1. The number of hydrogen-bond acceptors (Lipinski definition) is 5. The molecular weight excluding hydrogens is 480 g/mol. The number of rotatable bonds is 5. The maximum Gasteiger partial charge on any atom is 0.238 e. The Bertz CT molecular complexity index is 1350. The average Bonchev–Trinajstić information content (AvgIpc) is 3.11. The van der Waals surface area contributed by atoms with E-state index in [9.17, 15) is 8.42 Å². The Morgan fingerprint density at radius 1 is 0.935 bits per heavy atom. The zero-order chi connectivity index (χ0) is 22.2. The molecule has 1 heterocycles. The first-order chi connectivity index (χ1) is 14.8. The third-order valence-corrected chi connectivity index (χ3v) is 6.82. The van der Waals surface area contributed by atoms with Gasteiger partial charge in [-0.3, -0.25) is 0 Å². The number of aryl methyl sites for hydroxylation is 1. The molecule has 0 aliphatic carbocycles. The summed E-state index contributed by atoms with van der Waals surface area (Å²) in [4.78, 5) is 0.0554. The summed E-state index contributed by atoms with van der Waals surface area (Å²) in [5.74, 6) is 1.18. The third kappa shape index (κ3) is 4.01. The number of primary sulfonamides is 1. The Morgan fingerprint density at radius 2 is 1.61 bits per heavy atom. The zero-order valence-electron chi connectivity index (χ0n) is 16.8. The smallest absolute Gasteiger partial charge is 0.238 e. The summed E-state index contributed by atoms with van der Waals surface area (Å²) >= 11 is 3.58. The summed E-state index contributed by atoms with van der Waals surface area (Å²) in [7, 11) is -2.18. The fourth-order valence-corrected chi connectivity index (χ4v) is 4.32. The Hall–Kier alpha value is -2.94. The summed E-state index contributed by atoms with van der Waals surface area (Å²) in [6.45, 7) is 1.85. The molecule has 8 heteroatoms. The summed E-state index contributed by atoms with van der Waals surface area (Å²) in [6.07, 6.45) is 0. The lowest BCUT2D eigenvalue weighted by Crippen LogP contribution is -2.11. The van der Waals surface area contributed by atoms with Crippen LogP contribution in [0, 0.1) is 6.92 Å². The van der Waals surface area contributed by atoms with Gasteiger partial charge in [0.1, 0.15) is 5.75 Å². The van der Waals surface area contributed by atoms with Gasteiger partial charge in [0.05, 0.1) is 27.7 Å². The van der Waals surface area contributed by atoms with Crippen molar-refractivity contribution in [3.05, 3.63) is 76.9 Å². The van der Waals surface area contributed by atoms with Crippen LogP contribution in [0.3, 0.4) is 0 Å². The number of benzene rings is 3. The molecule has 0 amide bonds. The van der Waals surface area contributed by atoms with E-state index in [1.807, 2.05) is 49.4 Å². The predicted molar refractivity (Wildman–Crippen MR) is 123 cm³/mol. The molecule has 31 heavy (non-hydrogen) atoms. The minimum atomic E-state index is -3.78. The molecule has 6 nitrogen and oxygen atoms in total. The molecule has 4 rings (SSSR count). The summed E-state index contributed by atoms with van der Waals surface area (Å²) in [5, 5.41) is 9.34. The van der Waals surface area contributed by atoms with Gasteiger partial charge < -0.3 is 9.26 Å². The van der Waals surface area contributed by atoms with Crippen molar-refractivity contribution < 1.29 is 17.7 Å². The predicted octanol–water partition coefficient (Wildman–Crippen LogP) is 5.40. The van der Waals surface area contributed by atoms with Crippen LogP contribution < -0.4 is 9.88 Å². The molecule has 3 aromatic carbocycles. The topological polar surface area (TPSA) is 95.4 Å². The second-order valence-corrected chi connectivity index (χ2v) is 9.27. The summed E-state index contributed by atoms with van der Waals surface area (Å²) in [6, 6.07) is 20.1. The molecule has 0 saturated carbocycles. The highest BCUT2D eigenvalue weighted by molar-refractivity contribution is 9.10. The molecule has 0 fully saturated rings. The van der Waals surface area contributed by atoms with Gasteiger partial charge in [0.2, 0.25) is 10.0 Å². The van der Waals surface area contributed by atoms with E-state index in [0.717, 1.165) is 38.0 Å². The minimum absolute atomic E-state index is 0.0554. The van der Waals surface area contributed by atoms with Gasteiger partial charge in [-0.15, -0.1) is 0 Å². The van der Waals surface area contributed by atoms with Crippen LogP contribution in [0.1, 0.15) is 5.69 Å². The second kappa shape index (κ2) is 8.30. The first-order valence-electron chi connectivity index (χ1n) is 9.33. The SMILES string of the molecule is COc1ccc(-c2ccc(S(N)(=O)=O)cc2)c(-c2ccccc2)c1-c1onc(C)c1Br. The van der Waals surface area contributed by atoms with Crippen LogP contribution in [-0.2, 0) is 10.0 Å². The van der Waals surface area contributed by atoms with Gasteiger partial charge in [0.25, 0.3) is 0 Å². The quantitative estimate of drug-likeness (QED) is 0.397. The lowest BCUT2D eigenvalue weighted by atomic mass is 9.89. The zero-order valence-corrected chi connectivity index (χ0v) is 19.2. The summed E-state index contributed by atoms with van der Waals surface area (Å²) < 4.78 is 35.4. The van der Waals surface area contributed by atoms with Crippen molar-refractivity contribution in [2.45, 2.75) is 11.8 Å². The van der Waals surface area contributed by atoms with Crippen molar-refractivity contribution >= 4 is 26.0 Å². The molecule has 4 aromatic rings. The standard InChI is InChI=1S/C23H19BrN2O4S/c1-14-22(24)23(30-26-14)21-19(29-2)13-12-18(20(21)16-6-4-3-5-7-16)15-8-10-17(11-9-15)31(25,27)28/h3-13H,1-2H3,(H2,25,27,28). The van der Waals surface area contributed by atoms with Crippen LogP contribution in [0.15, 0.2) is 80.6 Å². The minimum Gasteiger partial charge on any atom is -0.496 e. The monoisotopic (exact) mass is 498 g/mol. The number of halogens is 1. The van der Waals surface area contributed by atoms with E-state index in [1.165, 1.54) is 12.1 Å². The third-order valence-electron chi connectivity index (χ3n) is 4.96. The van der Waals surface area contributed by atoms with Gasteiger partial charge in [0.15, 0.2) is 5.76 Å². The fraction of sp³-hybridized carbons (Fsp3) is 0.0870. The molecule has 0 saturated heterocycles. The molecular formula is C23H19BrN2O4S. The highest BCUT2D eigenvalue weighted by atomic mass is 79.9. The lowest BCUT2D eigenvalue weighted by molar-refractivity contribution is 0.405. The molecule has 0 unspecified atom stereocenters. The molecule has 0 atom stereocenters. The first kappa shape index (κ1) is 21.3. The van der Waals surface area contributed by atoms with Gasteiger partial charge >= 0.3 is 0 Å². The number of ether oxygens (including phenoxy) is 1. The second-order valence-electron chi connectivity index (χ2n) is 6.91. The van der Waals surface area contributed by atoms with E-state index < -0.39 is 10.0 Å². The molecule has 0 aliphatic heterocycles. The van der Waals surface area contributed by atoms with Gasteiger partial charge in [-0.05, 0) is 57.7 Å². The van der Waals surface area contributed by atoms with Crippen LogP contribution in [0.4, 0.5) is 0 Å². The molecule has 158 valence electrons. The Balaban J connectivity index is 2.05. The largest absolute Gasteiger partial charge is 0.496 e. The van der Waals surface area contributed by atoms with E-state index in [4.69, 9.17) is 14.4 Å². The normalized spacial score (nSPS) is 11.5. The highest BCUT2D eigenvalue weighted by Gasteiger charge is 2.24. The van der Waals surface area contributed by atoms with Gasteiger partial charge in [-0.25, -0.2) is 13.6 Å². The number of methoxy groups -OCH3 is 1. The average molecular weight is 499 g/mol. The van der Waals surface area contributed by atoms with Crippen molar-refractivity contribution in [3.63, 3.8) is 0 Å². The maximum absolute atomic E-state index is 11.7. The summed E-state index contributed by atoms with van der Waals surface area (Å²) in [5.41, 5.74) is 4.99. The number of nitrogens with two attached hydrogens (primary N) is 1. The van der Waals surface area contributed by atoms with Crippen molar-refractivity contribution in [2.75, 3.05) is 7.11 Å². The van der Waals surface area contributed by atoms with E-state index in [1.54, 1.807) is 19.2 Å². The van der Waals surface area contributed by atoms with E-state index in [0.29, 0.717) is 11.5 Å². The van der Waals surface area contributed by atoms with Gasteiger partial charge in [-0.1, -0.05) is 53.7 Å². The molecule has 0 aliphatic rings. The molecule has 0 radical (unpaired) electrons. The number of sulfonamides is 1. The van der Waals surface area contributed by atoms with E-state index in [-0.39, 0.29) is 4.90 Å². The molecule has 0 spiro atoms. The highest BCUT2D eigenvalue weighted by Crippen LogP contribution is 2.47. The number of aromatic nitrogens is 1. The fourth-order valence-electron chi connectivity index (χ4n) is 3.46. The van der Waals surface area contributed by atoms with Crippen LogP contribution >= 0.6 is 15.9 Å². The van der Waals surface area contributed by atoms with Gasteiger partial charge in [0, 0.05) is 5.56 Å². The van der Waals surface area contributed by atoms with Crippen LogP contribution in [0.25, 0.3) is 33.6 Å². The van der Waals surface area contributed by atoms with Crippen molar-refractivity contribution in [1.82, 2.24) is 5.16 Å². The molecule has 2 N–H and O–H groups in total. The van der Waals surface area contributed by atoms with Crippen molar-refractivity contribution in [3.8, 4) is 39.3 Å². The molecule has 1 aromatic heterocycles. The molecule has 0 bridgehead atoms. The lowest BCUT2D eigenvalue weighted by Gasteiger charge is -2.18. The Kier molecular flexibility index (Phi) is 5.70. The van der Waals surface area contributed by atoms with Crippen molar-refractivity contribution in [2.24, 2.45) is 5.14 Å². The Labute approximate surface area is 188 Å². The number of nitrogens with zero attached hydrogens (tertiary/aromatic N) is 1. The first-order valence-corrected chi connectivity index (χ1v) is 11.7. The van der Waals surface area contributed by atoms with Crippen LogP contribution in [-0.4, -0.2) is 20.7 Å². The van der Waals surface area contributed by atoms with E-state index >= 15 is 0 Å². The van der Waals surface area contributed by atoms with Crippen LogP contribution in [0.5, 0.6) is 5.75 Å².